The van der Waals surface area contributed by atoms with Crippen LogP contribution in [0.1, 0.15) is 35.4 Å². The zero-order valence-electron chi connectivity index (χ0n) is 27.9. The number of allylic oxidation sites excluding steroid dienone is 4. The van der Waals surface area contributed by atoms with Gasteiger partial charge in [-0.15, -0.1) is 0 Å². The van der Waals surface area contributed by atoms with Crippen molar-refractivity contribution in [2.75, 3.05) is 19.1 Å². The largest absolute Gasteiger partial charge is 0.507 e. The molecule has 2 fully saturated rings. The molecule has 0 aromatic heterocycles. The lowest BCUT2D eigenvalue weighted by Crippen LogP contribution is -2.58. The number of nitrogens with zero attached hydrogens (tertiary/aromatic N) is 1. The number of amides is 2. The van der Waals surface area contributed by atoms with Gasteiger partial charge in [0.1, 0.15) is 17.2 Å². The van der Waals surface area contributed by atoms with Crippen LogP contribution in [-0.2, 0) is 24.6 Å². The van der Waals surface area contributed by atoms with Crippen molar-refractivity contribution in [2.24, 2.45) is 23.7 Å². The summed E-state index contributed by atoms with van der Waals surface area (Å²) in [5.41, 5.74) is 1.44. The summed E-state index contributed by atoms with van der Waals surface area (Å²) in [6.45, 7) is 0. The highest BCUT2D eigenvalue weighted by atomic mass is 35.5. The highest BCUT2D eigenvalue weighted by Gasteiger charge is 2.66. The molecular formula is C42H34ClNO7. The van der Waals surface area contributed by atoms with Crippen molar-refractivity contribution in [1.29, 1.82) is 0 Å². The van der Waals surface area contributed by atoms with Gasteiger partial charge in [0, 0.05) is 40.1 Å². The third-order valence-electron chi connectivity index (χ3n) is 11.3. The third kappa shape index (κ3) is 4.80. The summed E-state index contributed by atoms with van der Waals surface area (Å²) >= 11 is 6.15. The first kappa shape index (κ1) is 32.7. The Labute approximate surface area is 299 Å². The molecule has 1 saturated heterocycles. The fourth-order valence-electron chi connectivity index (χ4n) is 9.20. The molecule has 1 N–H and O–H groups in total. The number of carbonyl (C=O) groups is 4. The van der Waals surface area contributed by atoms with Crippen molar-refractivity contribution < 1.29 is 33.8 Å². The van der Waals surface area contributed by atoms with Crippen molar-refractivity contribution in [1.82, 2.24) is 0 Å². The maximum absolute atomic E-state index is 15.2. The van der Waals surface area contributed by atoms with Gasteiger partial charge >= 0.3 is 0 Å². The van der Waals surface area contributed by atoms with Crippen molar-refractivity contribution in [3.63, 3.8) is 0 Å². The molecule has 256 valence electrons. The molecule has 4 aromatic rings. The number of carbonyl (C=O) groups excluding carboxylic acids is 4. The Morgan fingerprint density at radius 1 is 0.824 bits per heavy atom. The fourth-order valence-corrected chi connectivity index (χ4v) is 9.32. The molecule has 6 unspecified atom stereocenters. The number of rotatable bonds is 6. The van der Waals surface area contributed by atoms with Gasteiger partial charge in [0.15, 0.2) is 11.6 Å². The van der Waals surface area contributed by atoms with Crippen LogP contribution in [0.25, 0.3) is 5.57 Å². The van der Waals surface area contributed by atoms with Crippen LogP contribution in [0.15, 0.2) is 115 Å². The summed E-state index contributed by atoms with van der Waals surface area (Å²) in [4.78, 5) is 60.2. The van der Waals surface area contributed by atoms with Crippen molar-refractivity contribution in [3.05, 3.63) is 137 Å². The lowest BCUT2D eigenvalue weighted by molar-refractivity contribution is -0.135. The van der Waals surface area contributed by atoms with E-state index in [1.807, 2.05) is 54.6 Å². The van der Waals surface area contributed by atoms with Crippen LogP contribution in [0.3, 0.4) is 0 Å². The van der Waals surface area contributed by atoms with Crippen LogP contribution >= 0.6 is 11.6 Å². The van der Waals surface area contributed by atoms with Gasteiger partial charge in [-0.3, -0.25) is 24.1 Å². The second-order valence-electron chi connectivity index (χ2n) is 13.5. The first-order valence-corrected chi connectivity index (χ1v) is 17.3. The zero-order chi connectivity index (χ0) is 35.6. The molecule has 4 aromatic carbocycles. The standard InChI is InChI=1S/C42H34ClNO7/c1-50-27-19-33(45)37(34(20-27)51-2)38-28-17-18-29-36(41(49)44(40(29)48)26-15-13-25(43)14-16-26)31(28)21-32-39(47)30(23-9-5-3-6-10-23)22-35(46)42(32,38)24-11-7-4-8-12-24/h3-17,19-20,22,29,31-32,36,38,45H,18,21H2,1-2H3. The van der Waals surface area contributed by atoms with E-state index in [9.17, 15) is 14.7 Å². The van der Waals surface area contributed by atoms with Crippen molar-refractivity contribution in [2.45, 2.75) is 24.2 Å². The number of phenols is 1. The molecule has 0 bridgehead atoms. The lowest BCUT2D eigenvalue weighted by Gasteiger charge is -2.55. The van der Waals surface area contributed by atoms with E-state index in [4.69, 9.17) is 21.1 Å². The second-order valence-corrected chi connectivity index (χ2v) is 14.0. The number of halogens is 1. The molecule has 1 heterocycles. The van der Waals surface area contributed by atoms with Crippen LogP contribution in [0.2, 0.25) is 5.02 Å². The molecule has 0 radical (unpaired) electrons. The normalized spacial score (nSPS) is 26.9. The molecule has 4 aliphatic rings. The Kier molecular flexibility index (Phi) is 7.95. The van der Waals surface area contributed by atoms with E-state index >= 15 is 9.59 Å². The summed E-state index contributed by atoms with van der Waals surface area (Å²) in [5.74, 6) is -4.77. The number of Topliss-reactive ketones (excluding diaryl/α,β-unsaturated/α-hetero) is 1. The van der Waals surface area contributed by atoms with Gasteiger partial charge < -0.3 is 14.6 Å². The maximum Gasteiger partial charge on any atom is 0.238 e. The summed E-state index contributed by atoms with van der Waals surface area (Å²) in [6, 6.07) is 28.0. The van der Waals surface area contributed by atoms with Gasteiger partial charge in [-0.2, -0.15) is 0 Å². The van der Waals surface area contributed by atoms with Crippen LogP contribution in [0.4, 0.5) is 5.69 Å². The quantitative estimate of drug-likeness (QED) is 0.169. The maximum atomic E-state index is 15.2. The minimum absolute atomic E-state index is 0.139. The molecule has 8 rings (SSSR count). The molecular weight excluding hydrogens is 666 g/mol. The second kappa shape index (κ2) is 12.4. The number of imide groups is 1. The fraction of sp³-hybridized carbons (Fsp3) is 0.238. The molecule has 3 aliphatic carbocycles. The van der Waals surface area contributed by atoms with E-state index in [-0.39, 0.29) is 47.7 Å². The molecule has 0 spiro atoms. The molecule has 6 atom stereocenters. The van der Waals surface area contributed by atoms with Gasteiger partial charge in [0.25, 0.3) is 0 Å². The number of methoxy groups -OCH3 is 2. The number of ketones is 2. The topological polar surface area (TPSA) is 110 Å². The average molecular weight is 700 g/mol. The van der Waals surface area contributed by atoms with Crippen LogP contribution < -0.4 is 14.4 Å². The summed E-state index contributed by atoms with van der Waals surface area (Å²) in [7, 11) is 2.95. The Morgan fingerprint density at radius 3 is 2.18 bits per heavy atom. The predicted molar refractivity (Wildman–Crippen MR) is 192 cm³/mol. The number of fused-ring (bicyclic) bond motifs is 4. The molecule has 51 heavy (non-hydrogen) atoms. The van der Waals surface area contributed by atoms with Gasteiger partial charge in [-0.1, -0.05) is 83.9 Å². The minimum Gasteiger partial charge on any atom is -0.507 e. The molecule has 1 aliphatic heterocycles. The summed E-state index contributed by atoms with van der Waals surface area (Å²) in [5, 5.41) is 12.3. The highest BCUT2D eigenvalue weighted by Crippen LogP contribution is 2.65. The number of ether oxygens (including phenoxy) is 2. The lowest BCUT2D eigenvalue weighted by atomic mass is 9.44. The van der Waals surface area contributed by atoms with Crippen LogP contribution in [0, 0.1) is 23.7 Å². The third-order valence-corrected chi connectivity index (χ3v) is 11.5. The van der Waals surface area contributed by atoms with Crippen molar-refractivity contribution in [3.8, 4) is 17.2 Å². The van der Waals surface area contributed by atoms with E-state index in [0.29, 0.717) is 44.3 Å². The molecule has 8 nitrogen and oxygen atoms in total. The Balaban J connectivity index is 1.40. The van der Waals surface area contributed by atoms with E-state index in [0.717, 1.165) is 0 Å². The van der Waals surface area contributed by atoms with Gasteiger partial charge in [-0.25, -0.2) is 0 Å². The number of anilines is 1. The van der Waals surface area contributed by atoms with Crippen molar-refractivity contribution >= 4 is 46.2 Å². The van der Waals surface area contributed by atoms with E-state index < -0.39 is 35.0 Å². The number of hydrogen-bond donors (Lipinski definition) is 1. The Morgan fingerprint density at radius 2 is 1.51 bits per heavy atom. The minimum atomic E-state index is -1.52. The molecule has 1 saturated carbocycles. The summed E-state index contributed by atoms with van der Waals surface area (Å²) in [6.07, 6.45) is 3.77. The zero-order valence-corrected chi connectivity index (χ0v) is 28.7. The smallest absolute Gasteiger partial charge is 0.238 e. The monoisotopic (exact) mass is 699 g/mol. The Hall–Kier alpha value is -5.47. The number of phenolic OH excluding ortho intramolecular Hbond substituents is 1. The predicted octanol–water partition coefficient (Wildman–Crippen LogP) is 7.09. The number of aromatic hydroxyl groups is 1. The molecule has 9 heteroatoms. The van der Waals surface area contributed by atoms with Gasteiger partial charge in [-0.05, 0) is 60.2 Å². The highest BCUT2D eigenvalue weighted by molar-refractivity contribution is 6.32. The van der Waals surface area contributed by atoms with Crippen LogP contribution in [0.5, 0.6) is 17.2 Å². The van der Waals surface area contributed by atoms with E-state index in [1.165, 1.54) is 31.3 Å². The first-order chi connectivity index (χ1) is 24.7. The van der Waals surface area contributed by atoms with Gasteiger partial charge in [0.05, 0.1) is 37.2 Å². The van der Waals surface area contributed by atoms with E-state index in [1.54, 1.807) is 42.5 Å². The average Bonchev–Trinajstić information content (AvgIpc) is 3.41. The number of hydrogen-bond acceptors (Lipinski definition) is 7. The summed E-state index contributed by atoms with van der Waals surface area (Å²) < 4.78 is 11.4. The molecule has 2 amide bonds. The van der Waals surface area contributed by atoms with Crippen LogP contribution in [-0.4, -0.2) is 42.7 Å². The Bertz CT molecular complexity index is 2160. The van der Waals surface area contributed by atoms with Gasteiger partial charge in [0.2, 0.25) is 11.8 Å². The first-order valence-electron chi connectivity index (χ1n) is 16.9. The number of benzene rings is 4. The van der Waals surface area contributed by atoms with E-state index in [2.05, 4.69) is 0 Å². The SMILES string of the molecule is COc1cc(O)c(C2C3=CCC4C(=O)N(c5ccc(Cl)cc5)C(=O)C4C3CC3C(=O)C(c4ccccc4)=CC(=O)C32c2ccccc2)c(OC)c1.